The number of hydrogen-bond acceptors (Lipinski definition) is 4. The molecular weight excluding hydrogens is 282 g/mol. The second-order valence-corrected chi connectivity index (χ2v) is 4.79. The number of phenols is 1. The van der Waals surface area contributed by atoms with Gasteiger partial charge in [-0.25, -0.2) is 0 Å². The molecule has 116 valence electrons. The molecule has 0 fully saturated rings. The molecule has 2 aromatic rings. The lowest BCUT2D eigenvalue weighted by Gasteiger charge is -2.10. The van der Waals surface area contributed by atoms with Gasteiger partial charge in [0.05, 0.1) is 14.2 Å². The summed E-state index contributed by atoms with van der Waals surface area (Å²) in [7, 11) is 3.16. The average molecular weight is 301 g/mol. The number of amides is 1. The van der Waals surface area contributed by atoms with Crippen LogP contribution in [-0.4, -0.2) is 25.2 Å². The molecule has 0 bridgehead atoms. The van der Waals surface area contributed by atoms with Crippen molar-refractivity contribution in [3.05, 3.63) is 48.0 Å². The molecule has 0 aliphatic carbocycles. The summed E-state index contributed by atoms with van der Waals surface area (Å²) >= 11 is 0. The zero-order chi connectivity index (χ0) is 15.9. The minimum atomic E-state index is -0.111. The lowest BCUT2D eigenvalue weighted by atomic mass is 10.1. The predicted octanol–water partition coefficient (Wildman–Crippen LogP) is 2.98. The van der Waals surface area contributed by atoms with Crippen LogP contribution in [0.2, 0.25) is 0 Å². The van der Waals surface area contributed by atoms with E-state index in [4.69, 9.17) is 9.47 Å². The third-order valence-corrected chi connectivity index (χ3v) is 3.22. The lowest BCUT2D eigenvalue weighted by molar-refractivity contribution is -0.116. The summed E-state index contributed by atoms with van der Waals surface area (Å²) in [4.78, 5) is 11.9. The van der Waals surface area contributed by atoms with E-state index >= 15 is 0 Å². The third-order valence-electron chi connectivity index (χ3n) is 3.22. The van der Waals surface area contributed by atoms with Gasteiger partial charge < -0.3 is 19.9 Å². The number of aromatic hydroxyl groups is 1. The van der Waals surface area contributed by atoms with E-state index in [1.807, 2.05) is 18.2 Å². The molecule has 0 atom stereocenters. The summed E-state index contributed by atoms with van der Waals surface area (Å²) in [5, 5.41) is 12.1. The van der Waals surface area contributed by atoms with Gasteiger partial charge in [-0.2, -0.15) is 0 Å². The molecule has 0 saturated heterocycles. The average Bonchev–Trinajstić information content (AvgIpc) is 2.52. The van der Waals surface area contributed by atoms with Crippen LogP contribution in [0.25, 0.3) is 0 Å². The summed E-state index contributed by atoms with van der Waals surface area (Å²) in [6.45, 7) is 0. The van der Waals surface area contributed by atoms with Crippen molar-refractivity contribution in [2.75, 3.05) is 19.5 Å². The molecule has 0 aliphatic heterocycles. The fourth-order valence-corrected chi connectivity index (χ4v) is 2.10. The van der Waals surface area contributed by atoms with Crippen LogP contribution in [0.1, 0.15) is 12.0 Å². The van der Waals surface area contributed by atoms with Gasteiger partial charge in [-0.15, -0.1) is 0 Å². The Hall–Kier alpha value is -2.69. The second kappa shape index (κ2) is 7.36. The molecule has 0 spiro atoms. The summed E-state index contributed by atoms with van der Waals surface area (Å²) in [5.74, 6) is 1.32. The molecule has 5 heteroatoms. The highest BCUT2D eigenvalue weighted by Gasteiger charge is 2.07. The maximum Gasteiger partial charge on any atom is 0.224 e. The van der Waals surface area contributed by atoms with E-state index in [1.165, 1.54) is 6.07 Å². The van der Waals surface area contributed by atoms with E-state index in [-0.39, 0.29) is 11.7 Å². The fraction of sp³-hybridized carbons (Fsp3) is 0.235. The van der Waals surface area contributed by atoms with Gasteiger partial charge >= 0.3 is 0 Å². The molecule has 0 saturated carbocycles. The van der Waals surface area contributed by atoms with Crippen LogP contribution in [0.15, 0.2) is 42.5 Å². The van der Waals surface area contributed by atoms with Crippen molar-refractivity contribution >= 4 is 11.6 Å². The Morgan fingerprint density at radius 3 is 2.55 bits per heavy atom. The van der Waals surface area contributed by atoms with E-state index in [1.54, 1.807) is 32.4 Å². The Morgan fingerprint density at radius 2 is 1.86 bits per heavy atom. The van der Waals surface area contributed by atoms with E-state index < -0.39 is 0 Å². The van der Waals surface area contributed by atoms with Crippen LogP contribution in [0, 0.1) is 0 Å². The number of carbonyl (C=O) groups is 1. The first-order valence-electron chi connectivity index (χ1n) is 6.92. The first kappa shape index (κ1) is 15.7. The number of nitrogens with one attached hydrogen (secondary N) is 1. The molecule has 0 heterocycles. The van der Waals surface area contributed by atoms with Crippen molar-refractivity contribution in [3.8, 4) is 17.2 Å². The molecule has 2 N–H and O–H groups in total. The Morgan fingerprint density at radius 1 is 1.09 bits per heavy atom. The van der Waals surface area contributed by atoms with Crippen LogP contribution in [0.5, 0.6) is 17.2 Å². The molecule has 1 amide bonds. The number of anilines is 1. The molecule has 22 heavy (non-hydrogen) atoms. The van der Waals surface area contributed by atoms with Gasteiger partial charge in [0.15, 0.2) is 11.5 Å². The normalized spacial score (nSPS) is 10.1. The summed E-state index contributed by atoms with van der Waals surface area (Å²) in [6.07, 6.45) is 0.927. The molecule has 0 radical (unpaired) electrons. The van der Waals surface area contributed by atoms with Crippen molar-refractivity contribution < 1.29 is 19.4 Å². The molecule has 2 rings (SSSR count). The van der Waals surface area contributed by atoms with Gasteiger partial charge in [-0.1, -0.05) is 12.1 Å². The number of benzene rings is 2. The van der Waals surface area contributed by atoms with Crippen LogP contribution in [0.4, 0.5) is 5.69 Å². The molecule has 0 unspecified atom stereocenters. The van der Waals surface area contributed by atoms with Gasteiger partial charge in [0.2, 0.25) is 5.91 Å². The van der Waals surface area contributed by atoms with Gasteiger partial charge in [-0.05, 0) is 36.2 Å². The monoisotopic (exact) mass is 301 g/mol. The highest BCUT2D eigenvalue weighted by Crippen LogP contribution is 2.28. The highest BCUT2D eigenvalue weighted by molar-refractivity contribution is 5.91. The number of carbonyl (C=O) groups excluding carboxylic acids is 1. The minimum absolute atomic E-state index is 0.111. The molecule has 0 aromatic heterocycles. The Balaban J connectivity index is 1.93. The largest absolute Gasteiger partial charge is 0.508 e. The van der Waals surface area contributed by atoms with Crippen molar-refractivity contribution in [1.29, 1.82) is 0 Å². The first-order chi connectivity index (χ1) is 10.6. The van der Waals surface area contributed by atoms with Crippen LogP contribution in [0.3, 0.4) is 0 Å². The first-order valence-corrected chi connectivity index (χ1v) is 6.92. The third kappa shape index (κ3) is 4.15. The van der Waals surface area contributed by atoms with Crippen LogP contribution in [-0.2, 0) is 11.2 Å². The maximum atomic E-state index is 11.9. The summed E-state index contributed by atoms with van der Waals surface area (Å²) in [5.41, 5.74) is 1.57. The summed E-state index contributed by atoms with van der Waals surface area (Å²) in [6, 6.07) is 12.1. The predicted molar refractivity (Wildman–Crippen MR) is 84.6 cm³/mol. The number of methoxy groups -OCH3 is 2. The SMILES string of the molecule is COc1ccc(CCC(=O)Nc2cccc(O)c2)cc1OC. The quantitative estimate of drug-likeness (QED) is 0.860. The van der Waals surface area contributed by atoms with Crippen molar-refractivity contribution in [1.82, 2.24) is 0 Å². The molecular formula is C17H19NO4. The van der Waals surface area contributed by atoms with E-state index in [0.717, 1.165) is 5.56 Å². The van der Waals surface area contributed by atoms with Gasteiger partial charge in [0, 0.05) is 18.2 Å². The van der Waals surface area contributed by atoms with Gasteiger partial charge in [-0.3, -0.25) is 4.79 Å². The minimum Gasteiger partial charge on any atom is -0.508 e. The fourth-order valence-electron chi connectivity index (χ4n) is 2.10. The number of rotatable bonds is 6. The van der Waals surface area contributed by atoms with Crippen molar-refractivity contribution in [2.24, 2.45) is 0 Å². The summed E-state index contributed by atoms with van der Waals surface area (Å²) < 4.78 is 10.4. The van der Waals surface area contributed by atoms with Crippen LogP contribution < -0.4 is 14.8 Å². The Kier molecular flexibility index (Phi) is 5.25. The zero-order valence-corrected chi connectivity index (χ0v) is 12.6. The molecule has 0 aliphatic rings. The second-order valence-electron chi connectivity index (χ2n) is 4.79. The number of ether oxygens (including phenoxy) is 2. The van der Waals surface area contributed by atoms with Gasteiger partial charge in [0.1, 0.15) is 5.75 Å². The lowest BCUT2D eigenvalue weighted by Crippen LogP contribution is -2.12. The number of hydrogen-bond donors (Lipinski definition) is 2. The maximum absolute atomic E-state index is 11.9. The van der Waals surface area contributed by atoms with Crippen LogP contribution >= 0.6 is 0 Å². The van der Waals surface area contributed by atoms with E-state index in [9.17, 15) is 9.90 Å². The van der Waals surface area contributed by atoms with E-state index in [0.29, 0.717) is 30.0 Å². The Bertz CT molecular complexity index is 655. The topological polar surface area (TPSA) is 67.8 Å². The smallest absolute Gasteiger partial charge is 0.224 e. The van der Waals surface area contributed by atoms with E-state index in [2.05, 4.69) is 5.32 Å². The zero-order valence-electron chi connectivity index (χ0n) is 12.6. The van der Waals surface area contributed by atoms with Crippen molar-refractivity contribution in [3.63, 3.8) is 0 Å². The van der Waals surface area contributed by atoms with Gasteiger partial charge in [0.25, 0.3) is 0 Å². The number of phenolic OH excluding ortho intramolecular Hbond substituents is 1. The Labute approximate surface area is 129 Å². The standard InChI is InChI=1S/C17H19NO4/c1-21-15-8-6-12(10-16(15)22-2)7-9-17(20)18-13-4-3-5-14(19)11-13/h3-6,8,10-11,19H,7,9H2,1-2H3,(H,18,20). The van der Waals surface area contributed by atoms with Crippen molar-refractivity contribution in [2.45, 2.75) is 12.8 Å². The molecule has 5 nitrogen and oxygen atoms in total. The number of aryl methyl sites for hydroxylation is 1. The molecule has 2 aromatic carbocycles. The highest BCUT2D eigenvalue weighted by atomic mass is 16.5.